The van der Waals surface area contributed by atoms with Crippen molar-refractivity contribution >= 4 is 16.1 Å². The summed E-state index contributed by atoms with van der Waals surface area (Å²) in [5.41, 5.74) is 3.20. The van der Waals surface area contributed by atoms with Gasteiger partial charge in [-0.25, -0.2) is 18.4 Å². The van der Waals surface area contributed by atoms with Crippen molar-refractivity contribution in [2.24, 2.45) is 5.14 Å². The topological polar surface area (TPSA) is 111 Å². The molecule has 4 N–H and O–H groups in total. The number of nitrogens with two attached hydrogens (primary N) is 1. The van der Waals surface area contributed by atoms with Crippen molar-refractivity contribution in [3.8, 4) is 5.75 Å². The van der Waals surface area contributed by atoms with Gasteiger partial charge in [0.1, 0.15) is 5.75 Å². The summed E-state index contributed by atoms with van der Waals surface area (Å²) in [6, 6.07) is 11.6. The van der Waals surface area contributed by atoms with Crippen molar-refractivity contribution in [1.29, 1.82) is 0 Å². The predicted octanol–water partition coefficient (Wildman–Crippen LogP) is 1.83. The van der Waals surface area contributed by atoms with E-state index < -0.39 is 10.0 Å². The molecule has 2 rings (SSSR count). The van der Waals surface area contributed by atoms with Gasteiger partial charge in [-0.05, 0) is 61.2 Å². The molecular formula is C18H23N3O4S. The molecule has 0 aliphatic carbocycles. The fourth-order valence-corrected chi connectivity index (χ4v) is 2.73. The third-order valence-electron chi connectivity index (χ3n) is 3.90. The predicted molar refractivity (Wildman–Crippen MR) is 99.5 cm³/mol. The molecule has 0 radical (unpaired) electrons. The highest BCUT2D eigenvalue weighted by Crippen LogP contribution is 2.15. The SMILES string of the molecule is Cc1ccc(OCNC(=O)NCCc2ccc(S(N)(=O)=O)cc2)cc1C. The Kier molecular flexibility index (Phi) is 6.59. The zero-order valence-electron chi connectivity index (χ0n) is 14.8. The lowest BCUT2D eigenvalue weighted by molar-refractivity contribution is 0.224. The summed E-state index contributed by atoms with van der Waals surface area (Å²) in [5.74, 6) is 0.698. The van der Waals surface area contributed by atoms with Crippen molar-refractivity contribution < 1.29 is 17.9 Å². The number of hydrogen-bond acceptors (Lipinski definition) is 4. The molecule has 7 nitrogen and oxygen atoms in total. The van der Waals surface area contributed by atoms with Crippen LogP contribution in [0.5, 0.6) is 5.75 Å². The van der Waals surface area contributed by atoms with Crippen molar-refractivity contribution in [3.63, 3.8) is 0 Å². The van der Waals surface area contributed by atoms with E-state index in [1.165, 1.54) is 17.7 Å². The van der Waals surface area contributed by atoms with Gasteiger partial charge < -0.3 is 15.4 Å². The van der Waals surface area contributed by atoms with Crippen molar-refractivity contribution in [2.45, 2.75) is 25.2 Å². The molecule has 26 heavy (non-hydrogen) atoms. The number of ether oxygens (including phenoxy) is 1. The highest BCUT2D eigenvalue weighted by Gasteiger charge is 2.07. The van der Waals surface area contributed by atoms with E-state index in [1.54, 1.807) is 12.1 Å². The summed E-state index contributed by atoms with van der Waals surface area (Å²) in [6.45, 7) is 4.49. The molecule has 0 saturated carbocycles. The fourth-order valence-electron chi connectivity index (χ4n) is 2.22. The van der Waals surface area contributed by atoms with E-state index in [0.717, 1.165) is 11.1 Å². The van der Waals surface area contributed by atoms with Crippen LogP contribution >= 0.6 is 0 Å². The minimum absolute atomic E-state index is 0.0652. The molecule has 0 fully saturated rings. The molecule has 0 spiro atoms. The molecule has 0 saturated heterocycles. The summed E-state index contributed by atoms with van der Waals surface area (Å²) in [4.78, 5) is 11.8. The third kappa shape index (κ3) is 6.05. The Balaban J connectivity index is 1.69. The Morgan fingerprint density at radius 1 is 1.04 bits per heavy atom. The monoisotopic (exact) mass is 377 g/mol. The fraction of sp³-hybridized carbons (Fsp3) is 0.278. The van der Waals surface area contributed by atoms with Crippen molar-refractivity contribution in [1.82, 2.24) is 10.6 Å². The number of nitrogens with one attached hydrogen (secondary N) is 2. The minimum atomic E-state index is -3.69. The van der Waals surface area contributed by atoms with Crippen LogP contribution in [0.4, 0.5) is 4.79 Å². The number of carbonyl (C=O) groups excluding carboxylic acids is 1. The zero-order valence-corrected chi connectivity index (χ0v) is 15.6. The highest BCUT2D eigenvalue weighted by atomic mass is 32.2. The van der Waals surface area contributed by atoms with Crippen LogP contribution in [0.1, 0.15) is 16.7 Å². The van der Waals surface area contributed by atoms with Gasteiger partial charge in [-0.1, -0.05) is 18.2 Å². The van der Waals surface area contributed by atoms with Crippen LogP contribution in [0.25, 0.3) is 0 Å². The molecular weight excluding hydrogens is 354 g/mol. The van der Waals surface area contributed by atoms with E-state index in [4.69, 9.17) is 9.88 Å². The maximum absolute atomic E-state index is 11.7. The first-order valence-electron chi connectivity index (χ1n) is 8.09. The molecule has 0 unspecified atom stereocenters. The van der Waals surface area contributed by atoms with E-state index in [1.807, 2.05) is 32.0 Å². The number of rotatable bonds is 7. The highest BCUT2D eigenvalue weighted by molar-refractivity contribution is 7.89. The molecule has 0 atom stereocenters. The first-order valence-corrected chi connectivity index (χ1v) is 9.64. The van der Waals surface area contributed by atoms with Crippen molar-refractivity contribution in [2.75, 3.05) is 13.3 Å². The average Bonchev–Trinajstić information content (AvgIpc) is 2.58. The summed E-state index contributed by atoms with van der Waals surface area (Å²) in [5, 5.41) is 10.4. The van der Waals surface area contributed by atoms with E-state index in [9.17, 15) is 13.2 Å². The Morgan fingerprint density at radius 2 is 1.73 bits per heavy atom. The van der Waals surface area contributed by atoms with Gasteiger partial charge in [0.2, 0.25) is 10.0 Å². The molecule has 2 aromatic rings. The van der Waals surface area contributed by atoms with Gasteiger partial charge in [0.15, 0.2) is 6.73 Å². The maximum atomic E-state index is 11.7. The number of carbonyl (C=O) groups is 1. The molecule has 0 aliphatic rings. The lowest BCUT2D eigenvalue weighted by atomic mass is 10.1. The van der Waals surface area contributed by atoms with Crippen LogP contribution in [-0.2, 0) is 16.4 Å². The van der Waals surface area contributed by atoms with Gasteiger partial charge in [-0.2, -0.15) is 0 Å². The first-order chi connectivity index (χ1) is 12.3. The lowest BCUT2D eigenvalue weighted by Crippen LogP contribution is -2.38. The molecule has 8 heteroatoms. The third-order valence-corrected chi connectivity index (χ3v) is 4.83. The largest absolute Gasteiger partial charge is 0.473 e. The molecule has 0 heterocycles. The Morgan fingerprint density at radius 3 is 2.35 bits per heavy atom. The quantitative estimate of drug-likeness (QED) is 0.639. The van der Waals surface area contributed by atoms with Crippen LogP contribution in [0.2, 0.25) is 0 Å². The summed E-state index contributed by atoms with van der Waals surface area (Å²) in [7, 11) is -3.69. The molecule has 0 aliphatic heterocycles. The van der Waals surface area contributed by atoms with Crippen molar-refractivity contribution in [3.05, 3.63) is 59.2 Å². The summed E-state index contributed by atoms with van der Waals surface area (Å²) < 4.78 is 27.9. The van der Waals surface area contributed by atoms with E-state index in [-0.39, 0.29) is 17.7 Å². The van der Waals surface area contributed by atoms with Gasteiger partial charge >= 0.3 is 6.03 Å². The second-order valence-corrected chi connectivity index (χ2v) is 7.47. The normalized spacial score (nSPS) is 11.0. The number of urea groups is 1. The van der Waals surface area contributed by atoms with Gasteiger partial charge in [0, 0.05) is 6.54 Å². The number of amides is 2. The zero-order chi connectivity index (χ0) is 19.2. The smallest absolute Gasteiger partial charge is 0.317 e. The Hall–Kier alpha value is -2.58. The molecule has 140 valence electrons. The Labute approximate surface area is 153 Å². The number of benzene rings is 2. The van der Waals surface area contributed by atoms with Crippen LogP contribution < -0.4 is 20.5 Å². The Bertz CT molecular complexity index is 865. The van der Waals surface area contributed by atoms with Crippen LogP contribution in [0.3, 0.4) is 0 Å². The molecule has 0 aromatic heterocycles. The van der Waals surface area contributed by atoms with Crippen LogP contribution in [0, 0.1) is 13.8 Å². The van der Waals surface area contributed by atoms with Gasteiger partial charge in [0.05, 0.1) is 4.90 Å². The minimum Gasteiger partial charge on any atom is -0.473 e. The average molecular weight is 377 g/mol. The number of hydrogen-bond donors (Lipinski definition) is 3. The van der Waals surface area contributed by atoms with E-state index >= 15 is 0 Å². The first kappa shape index (κ1) is 19.7. The number of aryl methyl sites for hydroxylation is 2. The second kappa shape index (κ2) is 8.68. The molecule has 0 bridgehead atoms. The number of sulfonamides is 1. The van der Waals surface area contributed by atoms with E-state index in [2.05, 4.69) is 10.6 Å². The number of primary sulfonamides is 1. The lowest BCUT2D eigenvalue weighted by Gasteiger charge is -2.10. The van der Waals surface area contributed by atoms with Gasteiger partial charge in [-0.15, -0.1) is 0 Å². The summed E-state index contributed by atoms with van der Waals surface area (Å²) >= 11 is 0. The van der Waals surface area contributed by atoms with Crippen LogP contribution in [-0.4, -0.2) is 27.7 Å². The second-order valence-electron chi connectivity index (χ2n) is 5.91. The van der Waals surface area contributed by atoms with Crippen LogP contribution in [0.15, 0.2) is 47.4 Å². The van der Waals surface area contributed by atoms with Gasteiger partial charge in [-0.3, -0.25) is 0 Å². The molecule has 2 amide bonds. The summed E-state index contributed by atoms with van der Waals surface area (Å²) in [6.07, 6.45) is 0.566. The van der Waals surface area contributed by atoms with Gasteiger partial charge in [0.25, 0.3) is 0 Å². The maximum Gasteiger partial charge on any atom is 0.317 e. The molecule has 2 aromatic carbocycles. The standard InChI is InChI=1S/C18H23N3O4S/c1-13-3-6-16(11-14(13)2)25-12-21-18(22)20-10-9-15-4-7-17(8-5-15)26(19,23)24/h3-8,11H,9-10,12H2,1-2H3,(H2,19,23,24)(H2,20,21,22). The van der Waals surface area contributed by atoms with E-state index in [0.29, 0.717) is 18.7 Å².